The molecule has 0 atom stereocenters. The van der Waals surface area contributed by atoms with E-state index in [4.69, 9.17) is 4.74 Å². The van der Waals surface area contributed by atoms with E-state index in [0.717, 1.165) is 43.3 Å². The summed E-state index contributed by atoms with van der Waals surface area (Å²) in [6, 6.07) is 18.5. The van der Waals surface area contributed by atoms with Crippen LogP contribution in [0.2, 0.25) is 0 Å². The Hall–Kier alpha value is -2.55. The highest BCUT2D eigenvalue weighted by molar-refractivity contribution is 14.0. The number of benzene rings is 2. The number of hydrogen-bond acceptors (Lipinski definition) is 3. The van der Waals surface area contributed by atoms with E-state index in [1.165, 1.54) is 11.1 Å². The van der Waals surface area contributed by atoms with Gasteiger partial charge in [0.05, 0.1) is 12.3 Å². The summed E-state index contributed by atoms with van der Waals surface area (Å²) in [5.41, 5.74) is 3.54. The molecule has 0 aliphatic rings. The molecule has 0 saturated heterocycles. The molecule has 0 amide bonds. The van der Waals surface area contributed by atoms with Crippen molar-refractivity contribution in [3.63, 3.8) is 0 Å². The predicted molar refractivity (Wildman–Crippen MR) is 133 cm³/mol. The summed E-state index contributed by atoms with van der Waals surface area (Å²) >= 11 is 0. The van der Waals surface area contributed by atoms with Crippen LogP contribution in [0.3, 0.4) is 0 Å². The molecule has 0 bridgehead atoms. The Morgan fingerprint density at radius 1 is 1.00 bits per heavy atom. The zero-order valence-electron chi connectivity index (χ0n) is 17.5. The number of nitrogens with zero attached hydrogens (tertiary/aromatic N) is 3. The molecule has 1 heterocycles. The monoisotopic (exact) mass is 519 g/mol. The average molecular weight is 519 g/mol. The maximum Gasteiger partial charge on any atom is 0.190 e. The zero-order valence-corrected chi connectivity index (χ0v) is 19.9. The SMILES string of the molecule is CCOc1ccccc1CCNC(=NC)NCCc1ccc(-n2cccn2)cc1.I. The molecule has 3 rings (SSSR count). The largest absolute Gasteiger partial charge is 0.494 e. The normalized spacial score (nSPS) is 10.9. The Morgan fingerprint density at radius 3 is 2.40 bits per heavy atom. The lowest BCUT2D eigenvalue weighted by molar-refractivity contribution is 0.336. The van der Waals surface area contributed by atoms with Crippen molar-refractivity contribution in [2.24, 2.45) is 4.99 Å². The van der Waals surface area contributed by atoms with Crippen molar-refractivity contribution >= 4 is 29.9 Å². The summed E-state index contributed by atoms with van der Waals surface area (Å²) in [5.74, 6) is 1.77. The molecule has 0 aliphatic carbocycles. The molecule has 1 aromatic heterocycles. The van der Waals surface area contributed by atoms with Crippen LogP contribution >= 0.6 is 24.0 Å². The maximum atomic E-state index is 5.69. The van der Waals surface area contributed by atoms with Crippen molar-refractivity contribution in [3.8, 4) is 11.4 Å². The highest BCUT2D eigenvalue weighted by Crippen LogP contribution is 2.18. The van der Waals surface area contributed by atoms with Gasteiger partial charge in [-0.2, -0.15) is 5.10 Å². The fourth-order valence-electron chi connectivity index (χ4n) is 3.10. The predicted octanol–water partition coefficient (Wildman–Crippen LogP) is 3.84. The van der Waals surface area contributed by atoms with E-state index in [0.29, 0.717) is 6.61 Å². The molecule has 3 aromatic rings. The Bertz CT molecular complexity index is 894. The molecule has 30 heavy (non-hydrogen) atoms. The van der Waals surface area contributed by atoms with Crippen LogP contribution in [0.4, 0.5) is 0 Å². The quantitative estimate of drug-likeness (QED) is 0.256. The zero-order chi connectivity index (χ0) is 20.3. The van der Waals surface area contributed by atoms with E-state index in [-0.39, 0.29) is 24.0 Å². The fourth-order valence-corrected chi connectivity index (χ4v) is 3.10. The lowest BCUT2D eigenvalue weighted by Gasteiger charge is -2.13. The minimum Gasteiger partial charge on any atom is -0.494 e. The number of hydrogen-bond donors (Lipinski definition) is 2. The summed E-state index contributed by atoms with van der Waals surface area (Å²) < 4.78 is 7.55. The summed E-state index contributed by atoms with van der Waals surface area (Å²) in [5, 5.41) is 11.0. The second-order valence-electron chi connectivity index (χ2n) is 6.58. The van der Waals surface area contributed by atoms with E-state index in [2.05, 4.69) is 51.1 Å². The number of nitrogens with one attached hydrogen (secondary N) is 2. The van der Waals surface area contributed by atoms with Gasteiger partial charge in [0.15, 0.2) is 5.96 Å². The first-order chi connectivity index (χ1) is 14.3. The number of rotatable bonds is 9. The Morgan fingerprint density at radius 2 is 1.73 bits per heavy atom. The molecule has 0 saturated carbocycles. The number of ether oxygens (including phenoxy) is 1. The molecular formula is C23H30IN5O. The van der Waals surface area contributed by atoms with Crippen LogP contribution in [0.5, 0.6) is 5.75 Å². The van der Waals surface area contributed by atoms with Crippen LogP contribution in [0.1, 0.15) is 18.1 Å². The summed E-state index contributed by atoms with van der Waals surface area (Å²) in [6.45, 7) is 4.29. The van der Waals surface area contributed by atoms with Gasteiger partial charge < -0.3 is 15.4 Å². The van der Waals surface area contributed by atoms with Crippen molar-refractivity contribution in [2.75, 3.05) is 26.7 Å². The van der Waals surface area contributed by atoms with E-state index in [1.807, 2.05) is 42.1 Å². The number of aromatic nitrogens is 2. The van der Waals surface area contributed by atoms with Gasteiger partial charge in [-0.1, -0.05) is 30.3 Å². The first-order valence-corrected chi connectivity index (χ1v) is 10.0. The molecule has 160 valence electrons. The molecule has 6 nitrogen and oxygen atoms in total. The lowest BCUT2D eigenvalue weighted by Crippen LogP contribution is -2.39. The van der Waals surface area contributed by atoms with Crippen LogP contribution in [0, 0.1) is 0 Å². The third kappa shape index (κ3) is 7.05. The number of guanidine groups is 1. The van der Waals surface area contributed by atoms with Gasteiger partial charge in [-0.15, -0.1) is 24.0 Å². The molecule has 0 unspecified atom stereocenters. The van der Waals surface area contributed by atoms with E-state index >= 15 is 0 Å². The van der Waals surface area contributed by atoms with E-state index in [1.54, 1.807) is 13.2 Å². The lowest BCUT2D eigenvalue weighted by atomic mass is 10.1. The standard InChI is InChI=1S/C23H29N5O.HI/c1-3-29-22-8-5-4-7-20(22)14-17-26-23(24-2)25-16-13-19-9-11-21(12-10-19)28-18-6-15-27-28;/h4-12,15,18H,3,13-14,16-17H2,1-2H3,(H2,24,25,26);1H. The van der Waals surface area contributed by atoms with Crippen LogP contribution in [0.25, 0.3) is 5.69 Å². The van der Waals surface area contributed by atoms with Gasteiger partial charge in [0, 0.05) is 32.5 Å². The number of aliphatic imine (C=N–C) groups is 1. The third-order valence-electron chi connectivity index (χ3n) is 4.59. The second-order valence-corrected chi connectivity index (χ2v) is 6.58. The van der Waals surface area contributed by atoms with Crippen molar-refractivity contribution < 1.29 is 4.74 Å². The van der Waals surface area contributed by atoms with Crippen molar-refractivity contribution in [2.45, 2.75) is 19.8 Å². The first kappa shape index (κ1) is 23.7. The van der Waals surface area contributed by atoms with E-state index < -0.39 is 0 Å². The molecule has 0 spiro atoms. The first-order valence-electron chi connectivity index (χ1n) is 10.0. The Labute approximate surface area is 195 Å². The van der Waals surface area contributed by atoms with Crippen molar-refractivity contribution in [1.82, 2.24) is 20.4 Å². The van der Waals surface area contributed by atoms with Crippen LogP contribution in [-0.4, -0.2) is 42.5 Å². The third-order valence-corrected chi connectivity index (χ3v) is 4.59. The van der Waals surface area contributed by atoms with E-state index in [9.17, 15) is 0 Å². The van der Waals surface area contributed by atoms with Gasteiger partial charge >= 0.3 is 0 Å². The smallest absolute Gasteiger partial charge is 0.190 e. The van der Waals surface area contributed by atoms with Crippen LogP contribution in [0.15, 0.2) is 72.0 Å². The molecule has 0 fully saturated rings. The second kappa shape index (κ2) is 12.9. The molecule has 2 N–H and O–H groups in total. The summed E-state index contributed by atoms with van der Waals surface area (Å²) in [6.07, 6.45) is 5.53. The molecule has 2 aromatic carbocycles. The minimum atomic E-state index is 0. The molecule has 7 heteroatoms. The number of para-hydroxylation sites is 1. The fraction of sp³-hybridized carbons (Fsp3) is 0.304. The van der Waals surface area contributed by atoms with Crippen LogP contribution in [-0.2, 0) is 12.8 Å². The highest BCUT2D eigenvalue weighted by atomic mass is 127. The molecule has 0 radical (unpaired) electrons. The van der Waals surface area contributed by atoms with Gasteiger partial charge in [0.1, 0.15) is 5.75 Å². The summed E-state index contributed by atoms with van der Waals surface area (Å²) in [7, 11) is 1.79. The van der Waals surface area contributed by atoms with Gasteiger partial charge in [0.2, 0.25) is 0 Å². The Balaban J connectivity index is 0.00000320. The van der Waals surface area contributed by atoms with Gasteiger partial charge in [0.25, 0.3) is 0 Å². The van der Waals surface area contributed by atoms with Crippen molar-refractivity contribution in [1.29, 1.82) is 0 Å². The number of halogens is 1. The maximum absolute atomic E-state index is 5.69. The summed E-state index contributed by atoms with van der Waals surface area (Å²) in [4.78, 5) is 4.31. The van der Waals surface area contributed by atoms with Crippen LogP contribution < -0.4 is 15.4 Å². The minimum absolute atomic E-state index is 0. The van der Waals surface area contributed by atoms with Gasteiger partial charge in [-0.05, 0) is 55.2 Å². The van der Waals surface area contributed by atoms with Crippen molar-refractivity contribution in [3.05, 3.63) is 78.1 Å². The van der Waals surface area contributed by atoms with Gasteiger partial charge in [-0.3, -0.25) is 4.99 Å². The van der Waals surface area contributed by atoms with Gasteiger partial charge in [-0.25, -0.2) is 4.68 Å². The Kier molecular flexibility index (Phi) is 10.2. The average Bonchev–Trinajstić information content (AvgIpc) is 3.29. The molecule has 0 aliphatic heterocycles. The topological polar surface area (TPSA) is 63.5 Å². The highest BCUT2D eigenvalue weighted by Gasteiger charge is 2.04. The molecular weight excluding hydrogens is 489 g/mol.